The molecule has 4 N–H and O–H groups in total. The summed E-state index contributed by atoms with van der Waals surface area (Å²) >= 11 is 0. The Morgan fingerprint density at radius 3 is 2.13 bits per heavy atom. The number of rotatable bonds is 2. The average Bonchev–Trinajstić information content (AvgIpc) is 2.51. The predicted molar refractivity (Wildman–Crippen MR) is 94.9 cm³/mol. The van der Waals surface area contributed by atoms with Crippen LogP contribution < -0.4 is 11.5 Å². The molecule has 0 radical (unpaired) electrons. The van der Waals surface area contributed by atoms with E-state index in [2.05, 4.69) is 4.90 Å². The molecule has 4 heteroatoms. The van der Waals surface area contributed by atoms with Crippen LogP contribution in [-0.4, -0.2) is 24.0 Å². The predicted octanol–water partition coefficient (Wildman–Crippen LogP) is 4.28. The van der Waals surface area contributed by atoms with Crippen LogP contribution in [-0.2, 0) is 0 Å². The summed E-state index contributed by atoms with van der Waals surface area (Å²) in [6.07, 6.45) is 11.8. The molecule has 1 aliphatic heterocycles. The minimum atomic E-state index is -0.269. The van der Waals surface area contributed by atoms with E-state index >= 15 is 0 Å². The highest BCUT2D eigenvalue weighted by Gasteiger charge is 2.27. The Kier molecular flexibility index (Phi) is 5.42. The van der Waals surface area contributed by atoms with Gasteiger partial charge in [-0.15, -0.1) is 0 Å². The van der Waals surface area contributed by atoms with E-state index in [-0.39, 0.29) is 5.82 Å². The molecular formula is C19H30FN3. The van der Waals surface area contributed by atoms with E-state index < -0.39 is 0 Å². The molecule has 1 heterocycles. The normalized spacial score (nSPS) is 22.7. The second-order valence-electron chi connectivity index (χ2n) is 7.31. The van der Waals surface area contributed by atoms with Crippen LogP contribution in [0.25, 0.3) is 0 Å². The van der Waals surface area contributed by atoms with Crippen molar-refractivity contribution >= 4 is 11.4 Å². The lowest BCUT2D eigenvalue weighted by molar-refractivity contribution is 0.129. The first-order valence-electron chi connectivity index (χ1n) is 9.23. The number of anilines is 2. The van der Waals surface area contributed by atoms with Gasteiger partial charge >= 0.3 is 0 Å². The number of likely N-dealkylation sites (tertiary alicyclic amines) is 1. The van der Waals surface area contributed by atoms with E-state index in [1.54, 1.807) is 6.07 Å². The maximum absolute atomic E-state index is 13.7. The number of halogens is 1. The number of nitrogen functional groups attached to an aromatic ring is 2. The van der Waals surface area contributed by atoms with Gasteiger partial charge in [-0.25, -0.2) is 4.39 Å². The number of nitrogens with two attached hydrogens (primary N) is 2. The lowest BCUT2D eigenvalue weighted by atomic mass is 9.86. The molecule has 3 nitrogen and oxygen atoms in total. The van der Waals surface area contributed by atoms with Gasteiger partial charge in [0, 0.05) is 6.04 Å². The van der Waals surface area contributed by atoms with E-state index in [4.69, 9.17) is 11.5 Å². The SMILES string of the molecule is Nc1cc(F)cc(C2CCN(C3CCCCCCC3)CC2)c1N. The fraction of sp³-hybridized carbons (Fsp3) is 0.684. The zero-order chi connectivity index (χ0) is 16.2. The Hall–Kier alpha value is -1.29. The molecule has 2 fully saturated rings. The van der Waals surface area contributed by atoms with Gasteiger partial charge in [0.2, 0.25) is 0 Å². The Labute approximate surface area is 139 Å². The van der Waals surface area contributed by atoms with E-state index in [0.717, 1.165) is 37.5 Å². The lowest BCUT2D eigenvalue weighted by Crippen LogP contribution is -2.41. The molecule has 2 aliphatic rings. The van der Waals surface area contributed by atoms with Crippen LogP contribution in [0.2, 0.25) is 0 Å². The molecule has 0 aromatic heterocycles. The van der Waals surface area contributed by atoms with Crippen LogP contribution in [0.3, 0.4) is 0 Å². The minimum Gasteiger partial charge on any atom is -0.397 e. The van der Waals surface area contributed by atoms with Crippen molar-refractivity contribution in [3.8, 4) is 0 Å². The molecule has 23 heavy (non-hydrogen) atoms. The number of hydrogen-bond donors (Lipinski definition) is 2. The van der Waals surface area contributed by atoms with Crippen molar-refractivity contribution in [2.24, 2.45) is 0 Å². The quantitative estimate of drug-likeness (QED) is 0.800. The fourth-order valence-corrected chi connectivity index (χ4v) is 4.37. The first kappa shape index (κ1) is 16.6. The fourth-order valence-electron chi connectivity index (χ4n) is 4.37. The van der Waals surface area contributed by atoms with Crippen molar-refractivity contribution in [1.82, 2.24) is 4.90 Å². The van der Waals surface area contributed by atoms with Gasteiger partial charge in [0.25, 0.3) is 0 Å². The number of benzene rings is 1. The maximum Gasteiger partial charge on any atom is 0.125 e. The average molecular weight is 319 g/mol. The van der Waals surface area contributed by atoms with Crippen LogP contribution in [0.15, 0.2) is 12.1 Å². The molecule has 0 bridgehead atoms. The van der Waals surface area contributed by atoms with Gasteiger partial charge in [-0.3, -0.25) is 0 Å². The first-order valence-corrected chi connectivity index (χ1v) is 9.23. The van der Waals surface area contributed by atoms with Gasteiger partial charge in [0.1, 0.15) is 5.82 Å². The minimum absolute atomic E-state index is 0.269. The van der Waals surface area contributed by atoms with Crippen molar-refractivity contribution in [1.29, 1.82) is 0 Å². The summed E-state index contributed by atoms with van der Waals surface area (Å²) in [7, 11) is 0. The molecule has 0 atom stereocenters. The summed E-state index contributed by atoms with van der Waals surface area (Å²) in [5.41, 5.74) is 13.8. The monoisotopic (exact) mass is 319 g/mol. The molecule has 1 saturated heterocycles. The second-order valence-corrected chi connectivity index (χ2v) is 7.31. The smallest absolute Gasteiger partial charge is 0.125 e. The Morgan fingerprint density at radius 1 is 0.870 bits per heavy atom. The van der Waals surface area contributed by atoms with Gasteiger partial charge in [-0.2, -0.15) is 0 Å². The van der Waals surface area contributed by atoms with Crippen molar-refractivity contribution in [2.45, 2.75) is 69.7 Å². The van der Waals surface area contributed by atoms with E-state index in [1.165, 1.54) is 51.0 Å². The lowest BCUT2D eigenvalue weighted by Gasteiger charge is -2.39. The largest absolute Gasteiger partial charge is 0.397 e. The summed E-state index contributed by atoms with van der Waals surface area (Å²) in [5, 5.41) is 0. The third-order valence-corrected chi connectivity index (χ3v) is 5.77. The zero-order valence-electron chi connectivity index (χ0n) is 14.1. The Balaban J connectivity index is 1.62. The van der Waals surface area contributed by atoms with Crippen LogP contribution in [0.5, 0.6) is 0 Å². The molecule has 128 valence electrons. The Bertz CT molecular complexity index is 516. The van der Waals surface area contributed by atoms with Crippen LogP contribution >= 0.6 is 0 Å². The van der Waals surface area contributed by atoms with Gasteiger partial charge in [-0.1, -0.05) is 32.1 Å². The van der Waals surface area contributed by atoms with Crippen molar-refractivity contribution in [3.05, 3.63) is 23.5 Å². The highest BCUT2D eigenvalue weighted by molar-refractivity contribution is 5.68. The van der Waals surface area contributed by atoms with E-state index in [9.17, 15) is 4.39 Å². The zero-order valence-corrected chi connectivity index (χ0v) is 14.1. The van der Waals surface area contributed by atoms with E-state index in [0.29, 0.717) is 17.3 Å². The molecule has 0 spiro atoms. The third-order valence-electron chi connectivity index (χ3n) is 5.77. The molecule has 1 saturated carbocycles. The van der Waals surface area contributed by atoms with Crippen molar-refractivity contribution in [2.75, 3.05) is 24.6 Å². The highest BCUT2D eigenvalue weighted by Crippen LogP contribution is 2.36. The van der Waals surface area contributed by atoms with E-state index in [1.807, 2.05) is 0 Å². The summed E-state index contributed by atoms with van der Waals surface area (Å²) in [4.78, 5) is 2.67. The molecule has 1 aliphatic carbocycles. The highest BCUT2D eigenvalue weighted by atomic mass is 19.1. The number of nitrogens with zero attached hydrogens (tertiary/aromatic N) is 1. The summed E-state index contributed by atoms with van der Waals surface area (Å²) in [6.45, 7) is 2.20. The molecule has 1 aromatic rings. The summed E-state index contributed by atoms with van der Waals surface area (Å²) in [6, 6.07) is 3.66. The molecule has 1 aromatic carbocycles. The first-order chi connectivity index (χ1) is 11.1. The van der Waals surface area contributed by atoms with Crippen LogP contribution in [0.4, 0.5) is 15.8 Å². The van der Waals surface area contributed by atoms with Crippen molar-refractivity contribution in [3.63, 3.8) is 0 Å². The molecule has 0 unspecified atom stereocenters. The molecule has 0 amide bonds. The van der Waals surface area contributed by atoms with Crippen LogP contribution in [0.1, 0.15) is 69.3 Å². The summed E-state index contributed by atoms with van der Waals surface area (Å²) in [5.74, 6) is 0.0759. The second kappa shape index (κ2) is 7.52. The van der Waals surface area contributed by atoms with Gasteiger partial charge in [-0.05, 0) is 62.4 Å². The topological polar surface area (TPSA) is 55.3 Å². The van der Waals surface area contributed by atoms with Gasteiger partial charge in [0.05, 0.1) is 11.4 Å². The Morgan fingerprint density at radius 2 is 1.48 bits per heavy atom. The summed E-state index contributed by atoms with van der Waals surface area (Å²) < 4.78 is 13.7. The molecule has 3 rings (SSSR count). The van der Waals surface area contributed by atoms with Gasteiger partial charge < -0.3 is 16.4 Å². The van der Waals surface area contributed by atoms with Crippen LogP contribution in [0, 0.1) is 5.82 Å². The standard InChI is InChI=1S/C19H30FN3/c20-15-12-17(19(22)18(21)13-15)14-8-10-23(11-9-14)16-6-4-2-1-3-5-7-16/h12-14,16H,1-11,21-22H2. The number of piperidine rings is 1. The van der Waals surface area contributed by atoms with Gasteiger partial charge in [0.15, 0.2) is 0 Å². The van der Waals surface area contributed by atoms with Crippen molar-refractivity contribution < 1.29 is 4.39 Å². The third kappa shape index (κ3) is 3.97. The number of hydrogen-bond acceptors (Lipinski definition) is 3. The molecular weight excluding hydrogens is 289 g/mol. The maximum atomic E-state index is 13.7.